The number of rotatable bonds is 6. The van der Waals surface area contributed by atoms with E-state index in [1.165, 1.54) is 24.7 Å². The number of hydrogen-bond acceptors (Lipinski definition) is 5. The van der Waals surface area contributed by atoms with Gasteiger partial charge in [0, 0.05) is 17.0 Å². The van der Waals surface area contributed by atoms with Gasteiger partial charge in [0.1, 0.15) is 10.3 Å². The average molecular weight is 421 g/mol. The summed E-state index contributed by atoms with van der Waals surface area (Å²) >= 11 is 1.42. The third-order valence-electron chi connectivity index (χ3n) is 5.55. The molecule has 1 N–H and O–H groups in total. The second kappa shape index (κ2) is 8.74. The van der Waals surface area contributed by atoms with E-state index in [1.807, 2.05) is 31.2 Å². The Bertz CT molecular complexity index is 919. The van der Waals surface area contributed by atoms with Crippen molar-refractivity contribution in [2.75, 3.05) is 0 Å². The molecule has 0 aliphatic heterocycles. The minimum Gasteiger partial charge on any atom is -0.352 e. The maximum atomic E-state index is 12.8. The number of nitrogens with one attached hydrogen (secondary N) is 1. The first-order chi connectivity index (χ1) is 13.3. The smallest absolute Gasteiger partial charge is 0.238 e. The van der Waals surface area contributed by atoms with Gasteiger partial charge >= 0.3 is 0 Å². The molecule has 0 saturated heterocycles. The summed E-state index contributed by atoms with van der Waals surface area (Å²) in [4.78, 5) is 17.0. The summed E-state index contributed by atoms with van der Waals surface area (Å²) in [5, 5.41) is 4.44. The fourth-order valence-electron chi connectivity index (χ4n) is 3.53. The zero-order chi connectivity index (χ0) is 20.3. The predicted molar refractivity (Wildman–Crippen MR) is 114 cm³/mol. The lowest BCUT2D eigenvalue weighted by Gasteiger charge is -2.30. The van der Waals surface area contributed by atoms with Gasteiger partial charge in [-0.15, -0.1) is 11.3 Å². The van der Waals surface area contributed by atoms with Crippen molar-refractivity contribution in [1.82, 2.24) is 10.3 Å². The molecule has 1 heterocycles. The minimum atomic E-state index is -3.62. The highest BCUT2D eigenvalue weighted by atomic mass is 32.2. The number of aryl methyl sites for hydroxylation is 1. The van der Waals surface area contributed by atoms with Gasteiger partial charge in [0.2, 0.25) is 5.91 Å². The second-order valence-electron chi connectivity index (χ2n) is 7.84. The fourth-order valence-corrected chi connectivity index (χ4v) is 5.66. The molecule has 1 fully saturated rings. The van der Waals surface area contributed by atoms with E-state index in [-0.39, 0.29) is 11.8 Å². The first-order valence-electron chi connectivity index (χ1n) is 9.79. The molecule has 28 heavy (non-hydrogen) atoms. The van der Waals surface area contributed by atoms with E-state index in [4.69, 9.17) is 0 Å². The van der Waals surface area contributed by atoms with Crippen LogP contribution in [0.15, 0.2) is 29.6 Å². The topological polar surface area (TPSA) is 76.1 Å². The van der Waals surface area contributed by atoms with Gasteiger partial charge < -0.3 is 5.32 Å². The van der Waals surface area contributed by atoms with Crippen LogP contribution in [-0.4, -0.2) is 30.6 Å². The van der Waals surface area contributed by atoms with Crippen molar-refractivity contribution in [3.05, 3.63) is 40.9 Å². The Kier molecular flexibility index (Phi) is 6.55. The lowest BCUT2D eigenvalue weighted by Crippen LogP contribution is -2.47. The Labute approximate surface area is 171 Å². The average Bonchev–Trinajstić information content (AvgIpc) is 3.11. The molecule has 1 amide bonds. The van der Waals surface area contributed by atoms with Crippen molar-refractivity contribution < 1.29 is 13.2 Å². The van der Waals surface area contributed by atoms with Crippen LogP contribution >= 0.6 is 11.3 Å². The maximum Gasteiger partial charge on any atom is 0.238 e. The predicted octanol–water partition coefficient (Wildman–Crippen LogP) is 4.12. The molecule has 3 rings (SSSR count). The van der Waals surface area contributed by atoms with E-state index in [0.717, 1.165) is 35.4 Å². The zero-order valence-corrected chi connectivity index (χ0v) is 18.3. The van der Waals surface area contributed by atoms with Crippen LogP contribution in [0.3, 0.4) is 0 Å². The molecule has 0 spiro atoms. The number of carbonyl (C=O) groups excluding carboxylic acids is 1. The van der Waals surface area contributed by atoms with Crippen molar-refractivity contribution in [2.24, 2.45) is 5.92 Å². The monoisotopic (exact) mass is 420 g/mol. The molecule has 1 aliphatic rings. The van der Waals surface area contributed by atoms with E-state index < -0.39 is 21.0 Å². The third-order valence-corrected chi connectivity index (χ3v) is 8.48. The molecule has 152 valence electrons. The molecule has 1 aliphatic carbocycles. The molecular formula is C21H28N2O3S2. The SMILES string of the molecule is Cc1ccc(-c2nc(CS(=O)(=O)[C@H](C)C(=O)N[C@H]3CCCC[C@H]3C)cs2)cc1. The lowest BCUT2D eigenvalue weighted by atomic mass is 9.86. The van der Waals surface area contributed by atoms with E-state index in [1.54, 1.807) is 5.38 Å². The number of aromatic nitrogens is 1. The van der Waals surface area contributed by atoms with Crippen LogP contribution in [0, 0.1) is 12.8 Å². The minimum absolute atomic E-state index is 0.0753. The van der Waals surface area contributed by atoms with Crippen molar-refractivity contribution in [1.29, 1.82) is 0 Å². The normalized spacial score (nSPS) is 21.2. The highest BCUT2D eigenvalue weighted by Crippen LogP contribution is 2.26. The molecule has 0 radical (unpaired) electrons. The third kappa shape index (κ3) is 5.00. The lowest BCUT2D eigenvalue weighted by molar-refractivity contribution is -0.121. The Hall–Kier alpha value is -1.73. The first-order valence-corrected chi connectivity index (χ1v) is 12.4. The van der Waals surface area contributed by atoms with E-state index in [0.29, 0.717) is 11.6 Å². The number of benzene rings is 1. The van der Waals surface area contributed by atoms with Gasteiger partial charge in [-0.3, -0.25) is 4.79 Å². The largest absolute Gasteiger partial charge is 0.352 e. The number of nitrogens with zero attached hydrogens (tertiary/aromatic N) is 1. The second-order valence-corrected chi connectivity index (χ2v) is 11.0. The van der Waals surface area contributed by atoms with Gasteiger partial charge in [-0.2, -0.15) is 0 Å². The van der Waals surface area contributed by atoms with Gasteiger partial charge in [0.15, 0.2) is 9.84 Å². The van der Waals surface area contributed by atoms with Crippen molar-refractivity contribution >= 4 is 27.1 Å². The summed E-state index contributed by atoms with van der Waals surface area (Å²) in [7, 11) is -3.62. The highest BCUT2D eigenvalue weighted by Gasteiger charge is 2.32. The molecular weight excluding hydrogens is 392 g/mol. The quantitative estimate of drug-likeness (QED) is 0.763. The highest BCUT2D eigenvalue weighted by molar-refractivity contribution is 7.92. The summed E-state index contributed by atoms with van der Waals surface area (Å²) in [6.07, 6.45) is 4.25. The summed E-state index contributed by atoms with van der Waals surface area (Å²) in [5.41, 5.74) is 2.62. The summed E-state index contributed by atoms with van der Waals surface area (Å²) < 4.78 is 25.5. The van der Waals surface area contributed by atoms with Gasteiger partial charge in [0.05, 0.1) is 11.4 Å². The molecule has 0 bridgehead atoms. The van der Waals surface area contributed by atoms with E-state index >= 15 is 0 Å². The molecule has 7 heteroatoms. The Balaban J connectivity index is 1.65. The molecule has 0 unspecified atom stereocenters. The van der Waals surface area contributed by atoms with Gasteiger partial charge in [-0.25, -0.2) is 13.4 Å². The van der Waals surface area contributed by atoms with Crippen molar-refractivity contribution in [3.8, 4) is 10.6 Å². The number of hydrogen-bond donors (Lipinski definition) is 1. The fraction of sp³-hybridized carbons (Fsp3) is 0.524. The van der Waals surface area contributed by atoms with Crippen LogP contribution in [0.25, 0.3) is 10.6 Å². The maximum absolute atomic E-state index is 12.8. The number of amides is 1. The van der Waals surface area contributed by atoms with Crippen molar-refractivity contribution in [3.63, 3.8) is 0 Å². The van der Waals surface area contributed by atoms with Gasteiger partial charge in [-0.1, -0.05) is 49.6 Å². The Morgan fingerprint density at radius 1 is 1.25 bits per heavy atom. The van der Waals surface area contributed by atoms with Crippen LogP contribution in [0.4, 0.5) is 0 Å². The zero-order valence-electron chi connectivity index (χ0n) is 16.6. The molecule has 5 nitrogen and oxygen atoms in total. The van der Waals surface area contributed by atoms with Gasteiger partial charge in [-0.05, 0) is 32.6 Å². The van der Waals surface area contributed by atoms with Crippen LogP contribution in [0.2, 0.25) is 0 Å². The summed E-state index contributed by atoms with van der Waals surface area (Å²) in [6.45, 7) is 5.61. The van der Waals surface area contributed by atoms with E-state index in [2.05, 4.69) is 17.2 Å². The first kappa shape index (κ1) is 21.0. The number of thiazole rings is 1. The molecule has 2 aromatic rings. The van der Waals surface area contributed by atoms with Crippen LogP contribution in [0.5, 0.6) is 0 Å². The summed E-state index contributed by atoms with van der Waals surface area (Å²) in [5.74, 6) is -0.222. The molecule has 1 aromatic carbocycles. The number of sulfone groups is 1. The Morgan fingerprint density at radius 3 is 2.61 bits per heavy atom. The van der Waals surface area contributed by atoms with Crippen LogP contribution in [-0.2, 0) is 20.4 Å². The Morgan fingerprint density at radius 2 is 1.93 bits per heavy atom. The standard InChI is InChI=1S/C21H28N2O3S2/c1-14-8-10-17(11-9-14)21-22-18(12-27-21)13-28(25,26)16(3)20(24)23-19-7-5-4-6-15(19)2/h8-12,15-16,19H,4-7,13H2,1-3H3,(H,23,24)/t15-,16-,19+/m1/s1. The van der Waals surface area contributed by atoms with Crippen LogP contribution in [0.1, 0.15) is 50.8 Å². The van der Waals surface area contributed by atoms with E-state index in [9.17, 15) is 13.2 Å². The molecule has 1 aromatic heterocycles. The summed E-state index contributed by atoms with van der Waals surface area (Å²) in [6, 6.07) is 8.05. The van der Waals surface area contributed by atoms with Crippen LogP contribution < -0.4 is 5.32 Å². The van der Waals surface area contributed by atoms with Crippen molar-refractivity contribution in [2.45, 2.75) is 63.5 Å². The number of carbonyl (C=O) groups is 1. The molecule has 1 saturated carbocycles. The van der Waals surface area contributed by atoms with Gasteiger partial charge in [0.25, 0.3) is 0 Å². The molecule has 3 atom stereocenters.